The molecule has 0 aliphatic carbocycles. The number of amides is 1. The van der Waals surface area contributed by atoms with Crippen molar-refractivity contribution in [2.45, 2.75) is 11.8 Å². The minimum Gasteiger partial charge on any atom is -0.465 e. The standard InChI is InChI=1S/C23H21ClN2O5S/c1-16-8-11-19(12-9-16)32(29,30)26(18-6-4-3-5-7-18)15-22(27)25-21-14-17(23(28)31-2)10-13-20(21)24/h3-14H,15H2,1-2H3,(H,25,27). The van der Waals surface area contributed by atoms with E-state index in [1.165, 1.54) is 37.4 Å². The van der Waals surface area contributed by atoms with Crippen molar-refractivity contribution in [3.05, 3.63) is 88.9 Å². The molecule has 7 nitrogen and oxygen atoms in total. The topological polar surface area (TPSA) is 92.8 Å². The highest BCUT2D eigenvalue weighted by Gasteiger charge is 2.27. The molecule has 1 amide bonds. The second-order valence-electron chi connectivity index (χ2n) is 6.89. The van der Waals surface area contributed by atoms with Gasteiger partial charge in [0.15, 0.2) is 0 Å². The van der Waals surface area contributed by atoms with Crippen molar-refractivity contribution >= 4 is 44.9 Å². The Labute approximate surface area is 191 Å². The maximum Gasteiger partial charge on any atom is 0.337 e. The first-order valence-corrected chi connectivity index (χ1v) is 11.4. The molecule has 0 aliphatic heterocycles. The second-order valence-corrected chi connectivity index (χ2v) is 9.16. The maximum absolute atomic E-state index is 13.3. The van der Waals surface area contributed by atoms with Gasteiger partial charge in [0.05, 0.1) is 34.0 Å². The average molecular weight is 473 g/mol. The quantitative estimate of drug-likeness (QED) is 0.518. The minimum absolute atomic E-state index is 0.0606. The fourth-order valence-electron chi connectivity index (χ4n) is 2.93. The number of rotatable bonds is 7. The molecule has 0 atom stereocenters. The number of hydrogen-bond donors (Lipinski definition) is 1. The Hall–Kier alpha value is -3.36. The molecule has 32 heavy (non-hydrogen) atoms. The Morgan fingerprint density at radius 3 is 2.28 bits per heavy atom. The Balaban J connectivity index is 1.92. The number of halogens is 1. The van der Waals surface area contributed by atoms with Gasteiger partial charge in [0.25, 0.3) is 10.0 Å². The number of hydrogen-bond acceptors (Lipinski definition) is 5. The van der Waals surface area contributed by atoms with E-state index >= 15 is 0 Å². The highest BCUT2D eigenvalue weighted by atomic mass is 35.5. The number of carbonyl (C=O) groups is 2. The first-order chi connectivity index (χ1) is 15.2. The van der Waals surface area contributed by atoms with Gasteiger partial charge in [0.1, 0.15) is 6.54 Å². The Bertz CT molecular complexity index is 1230. The van der Waals surface area contributed by atoms with Crippen LogP contribution in [-0.2, 0) is 19.6 Å². The molecule has 0 aromatic heterocycles. The number of esters is 1. The molecule has 166 valence electrons. The monoisotopic (exact) mass is 472 g/mol. The largest absolute Gasteiger partial charge is 0.465 e. The van der Waals surface area contributed by atoms with Gasteiger partial charge >= 0.3 is 5.97 Å². The van der Waals surface area contributed by atoms with Crippen LogP contribution in [0, 0.1) is 6.92 Å². The average Bonchev–Trinajstić information content (AvgIpc) is 2.79. The van der Waals surface area contributed by atoms with Crippen LogP contribution in [0.25, 0.3) is 0 Å². The summed E-state index contributed by atoms with van der Waals surface area (Å²) in [6.45, 7) is 1.35. The predicted octanol–water partition coefficient (Wildman–Crippen LogP) is 4.27. The third kappa shape index (κ3) is 5.27. The molecule has 0 saturated carbocycles. The molecule has 0 aliphatic rings. The van der Waals surface area contributed by atoms with E-state index in [9.17, 15) is 18.0 Å². The fourth-order valence-corrected chi connectivity index (χ4v) is 4.52. The zero-order valence-corrected chi connectivity index (χ0v) is 19.0. The van der Waals surface area contributed by atoms with Crippen molar-refractivity contribution in [1.29, 1.82) is 0 Å². The number of anilines is 2. The summed E-state index contributed by atoms with van der Waals surface area (Å²) in [7, 11) is -2.79. The van der Waals surface area contributed by atoms with E-state index in [0.29, 0.717) is 5.69 Å². The molecule has 9 heteroatoms. The Kier molecular flexibility index (Phi) is 7.17. The zero-order valence-electron chi connectivity index (χ0n) is 17.4. The highest BCUT2D eigenvalue weighted by Crippen LogP contribution is 2.26. The van der Waals surface area contributed by atoms with E-state index in [1.54, 1.807) is 42.5 Å². The number of para-hydroxylation sites is 1. The lowest BCUT2D eigenvalue weighted by molar-refractivity contribution is -0.114. The molecule has 3 aromatic rings. The van der Waals surface area contributed by atoms with Gasteiger partial charge in [-0.25, -0.2) is 13.2 Å². The maximum atomic E-state index is 13.3. The van der Waals surface area contributed by atoms with Crippen molar-refractivity contribution in [2.24, 2.45) is 0 Å². The summed E-state index contributed by atoms with van der Waals surface area (Å²) in [5.74, 6) is -1.22. The fraction of sp³-hybridized carbons (Fsp3) is 0.130. The van der Waals surface area contributed by atoms with Gasteiger partial charge in [-0.05, 0) is 49.4 Å². The molecule has 0 bridgehead atoms. The summed E-state index contributed by atoms with van der Waals surface area (Å²) in [6, 6.07) is 19.0. The van der Waals surface area contributed by atoms with E-state index in [0.717, 1.165) is 9.87 Å². The number of aryl methyl sites for hydroxylation is 1. The molecule has 1 N–H and O–H groups in total. The van der Waals surface area contributed by atoms with Gasteiger partial charge in [-0.3, -0.25) is 9.10 Å². The Morgan fingerprint density at radius 2 is 1.66 bits per heavy atom. The molecule has 0 heterocycles. The molecule has 0 unspecified atom stereocenters. The summed E-state index contributed by atoms with van der Waals surface area (Å²) in [5.41, 5.74) is 1.60. The van der Waals surface area contributed by atoms with Crippen LogP contribution in [0.5, 0.6) is 0 Å². The van der Waals surface area contributed by atoms with Crippen LogP contribution in [-0.4, -0.2) is 33.9 Å². The van der Waals surface area contributed by atoms with Crippen LogP contribution in [0.2, 0.25) is 5.02 Å². The van der Waals surface area contributed by atoms with Crippen molar-refractivity contribution in [3.63, 3.8) is 0 Å². The van der Waals surface area contributed by atoms with Crippen LogP contribution < -0.4 is 9.62 Å². The number of nitrogens with zero attached hydrogens (tertiary/aromatic N) is 1. The van der Waals surface area contributed by atoms with E-state index < -0.39 is 28.4 Å². The molecule has 0 fully saturated rings. The van der Waals surface area contributed by atoms with Gasteiger partial charge < -0.3 is 10.1 Å². The van der Waals surface area contributed by atoms with Crippen molar-refractivity contribution < 1.29 is 22.7 Å². The first kappa shape index (κ1) is 23.3. The van der Waals surface area contributed by atoms with Crippen LogP contribution >= 0.6 is 11.6 Å². The second kappa shape index (κ2) is 9.84. The lowest BCUT2D eigenvalue weighted by atomic mass is 10.2. The summed E-state index contributed by atoms with van der Waals surface area (Å²) < 4.78 is 32.4. The van der Waals surface area contributed by atoms with Gasteiger partial charge in [0.2, 0.25) is 5.91 Å². The summed E-state index contributed by atoms with van der Waals surface area (Å²) in [6.07, 6.45) is 0. The molecular weight excluding hydrogens is 452 g/mol. The van der Waals surface area contributed by atoms with E-state index in [2.05, 4.69) is 10.1 Å². The predicted molar refractivity (Wildman–Crippen MR) is 124 cm³/mol. The van der Waals surface area contributed by atoms with Gasteiger partial charge in [-0.15, -0.1) is 0 Å². The lowest BCUT2D eigenvalue weighted by Gasteiger charge is -2.24. The third-order valence-corrected chi connectivity index (χ3v) is 6.72. The minimum atomic E-state index is -4.03. The Morgan fingerprint density at radius 1 is 1.00 bits per heavy atom. The SMILES string of the molecule is COC(=O)c1ccc(Cl)c(NC(=O)CN(c2ccccc2)S(=O)(=O)c2ccc(C)cc2)c1. The number of benzene rings is 3. The number of nitrogens with one attached hydrogen (secondary N) is 1. The smallest absolute Gasteiger partial charge is 0.337 e. The third-order valence-electron chi connectivity index (χ3n) is 4.60. The number of methoxy groups -OCH3 is 1. The van der Waals surface area contributed by atoms with Gasteiger partial charge in [-0.1, -0.05) is 47.5 Å². The number of ether oxygens (including phenoxy) is 1. The molecule has 3 aromatic carbocycles. The van der Waals surface area contributed by atoms with Crippen LogP contribution in [0.15, 0.2) is 77.7 Å². The van der Waals surface area contributed by atoms with E-state index in [1.807, 2.05) is 6.92 Å². The van der Waals surface area contributed by atoms with E-state index in [-0.39, 0.29) is 21.2 Å². The molecule has 3 rings (SSSR count). The molecular formula is C23H21ClN2O5S. The van der Waals surface area contributed by atoms with Crippen LogP contribution in [0.3, 0.4) is 0 Å². The number of carbonyl (C=O) groups excluding carboxylic acids is 2. The van der Waals surface area contributed by atoms with Gasteiger partial charge in [-0.2, -0.15) is 0 Å². The molecule has 0 saturated heterocycles. The summed E-state index contributed by atoms with van der Waals surface area (Å²) >= 11 is 6.14. The van der Waals surface area contributed by atoms with Crippen molar-refractivity contribution in [3.8, 4) is 0 Å². The van der Waals surface area contributed by atoms with Crippen LogP contribution in [0.1, 0.15) is 15.9 Å². The summed E-state index contributed by atoms with van der Waals surface area (Å²) in [4.78, 5) is 24.7. The lowest BCUT2D eigenvalue weighted by Crippen LogP contribution is -2.38. The van der Waals surface area contributed by atoms with E-state index in [4.69, 9.17) is 11.6 Å². The van der Waals surface area contributed by atoms with Crippen molar-refractivity contribution in [2.75, 3.05) is 23.3 Å². The highest BCUT2D eigenvalue weighted by molar-refractivity contribution is 7.92. The molecule has 0 radical (unpaired) electrons. The first-order valence-electron chi connectivity index (χ1n) is 9.54. The van der Waals surface area contributed by atoms with Crippen molar-refractivity contribution in [1.82, 2.24) is 0 Å². The van der Waals surface area contributed by atoms with Gasteiger partial charge in [0, 0.05) is 0 Å². The van der Waals surface area contributed by atoms with Crippen LogP contribution in [0.4, 0.5) is 11.4 Å². The summed E-state index contributed by atoms with van der Waals surface area (Å²) in [5, 5.41) is 2.77. The molecule has 0 spiro atoms. The number of sulfonamides is 1. The zero-order chi connectivity index (χ0) is 23.3. The normalized spacial score (nSPS) is 11.0.